The predicted molar refractivity (Wildman–Crippen MR) is 128 cm³/mol. The molecule has 2 aromatic carbocycles. The zero-order chi connectivity index (χ0) is 20.0. The summed E-state index contributed by atoms with van der Waals surface area (Å²) in [6.45, 7) is 2.59. The molecular formula is C21H29IN4O2S. The van der Waals surface area contributed by atoms with Gasteiger partial charge in [0.1, 0.15) is 0 Å². The highest BCUT2D eigenvalue weighted by Gasteiger charge is 2.24. The second kappa shape index (κ2) is 10.9. The number of hydrogen-bond acceptors (Lipinski definition) is 3. The van der Waals surface area contributed by atoms with Crippen LogP contribution < -0.4 is 10.0 Å². The van der Waals surface area contributed by atoms with Crippen molar-refractivity contribution in [2.45, 2.75) is 24.3 Å². The Balaban J connectivity index is 0.00000300. The molecule has 1 fully saturated rings. The summed E-state index contributed by atoms with van der Waals surface area (Å²) in [4.78, 5) is 6.99. The van der Waals surface area contributed by atoms with Crippen molar-refractivity contribution in [3.05, 3.63) is 65.7 Å². The third-order valence-electron chi connectivity index (χ3n) is 5.12. The summed E-state index contributed by atoms with van der Waals surface area (Å²) in [6, 6.07) is 17.5. The number of guanidine groups is 1. The fourth-order valence-electron chi connectivity index (χ4n) is 3.56. The maximum atomic E-state index is 11.8. The normalized spacial score (nSPS) is 17.1. The summed E-state index contributed by atoms with van der Waals surface area (Å²) >= 11 is 0. The monoisotopic (exact) mass is 528 g/mol. The van der Waals surface area contributed by atoms with E-state index in [0.29, 0.717) is 12.5 Å². The lowest BCUT2D eigenvalue weighted by Gasteiger charge is -2.22. The van der Waals surface area contributed by atoms with Crippen LogP contribution >= 0.6 is 24.0 Å². The largest absolute Gasteiger partial charge is 0.352 e. The highest BCUT2D eigenvalue weighted by Crippen LogP contribution is 2.21. The standard InChI is InChI=1S/C21H28N4O2S.HI/c1-22-21(24-15-18-8-10-20(11-9-18)28(26,27)23-2)25-13-12-19(16-25)14-17-6-4-3-5-7-17;/h3-11,19,23H,12-16H2,1-2H3,(H,22,24);1H. The van der Waals surface area contributed by atoms with Crippen LogP contribution in [0.15, 0.2) is 64.5 Å². The van der Waals surface area contributed by atoms with E-state index >= 15 is 0 Å². The minimum absolute atomic E-state index is 0. The third kappa shape index (κ3) is 6.42. The first-order valence-corrected chi connectivity index (χ1v) is 11.0. The Morgan fingerprint density at radius 2 is 1.79 bits per heavy atom. The maximum Gasteiger partial charge on any atom is 0.240 e. The van der Waals surface area contributed by atoms with Crippen molar-refractivity contribution in [1.29, 1.82) is 0 Å². The molecule has 1 unspecified atom stereocenters. The maximum absolute atomic E-state index is 11.8. The number of nitrogens with zero attached hydrogens (tertiary/aromatic N) is 2. The van der Waals surface area contributed by atoms with Gasteiger partial charge in [-0.05, 0) is 49.1 Å². The van der Waals surface area contributed by atoms with Crippen molar-refractivity contribution in [3.8, 4) is 0 Å². The summed E-state index contributed by atoms with van der Waals surface area (Å²) in [5, 5.41) is 3.40. The average Bonchev–Trinajstić information content (AvgIpc) is 3.18. The van der Waals surface area contributed by atoms with Crippen molar-refractivity contribution in [2.75, 3.05) is 27.2 Å². The van der Waals surface area contributed by atoms with Gasteiger partial charge >= 0.3 is 0 Å². The van der Waals surface area contributed by atoms with Crippen molar-refractivity contribution in [3.63, 3.8) is 0 Å². The highest BCUT2D eigenvalue weighted by molar-refractivity contribution is 14.0. The van der Waals surface area contributed by atoms with E-state index in [0.717, 1.165) is 37.5 Å². The molecule has 2 aromatic rings. The van der Waals surface area contributed by atoms with Crippen LogP contribution in [0.25, 0.3) is 0 Å². The van der Waals surface area contributed by atoms with Gasteiger partial charge < -0.3 is 10.2 Å². The smallest absolute Gasteiger partial charge is 0.240 e. The molecular weight excluding hydrogens is 499 g/mol. The molecule has 0 aliphatic carbocycles. The summed E-state index contributed by atoms with van der Waals surface area (Å²) in [5.41, 5.74) is 2.39. The zero-order valence-corrected chi connectivity index (χ0v) is 20.0. The minimum Gasteiger partial charge on any atom is -0.352 e. The molecule has 0 saturated carbocycles. The minimum atomic E-state index is -3.40. The molecule has 1 aliphatic rings. The van der Waals surface area contributed by atoms with Gasteiger partial charge in [0.15, 0.2) is 5.96 Å². The van der Waals surface area contributed by atoms with Crippen LogP contribution in [-0.2, 0) is 23.0 Å². The fourth-order valence-corrected chi connectivity index (χ4v) is 4.29. The lowest BCUT2D eigenvalue weighted by Crippen LogP contribution is -2.39. The van der Waals surface area contributed by atoms with Crippen molar-refractivity contribution in [1.82, 2.24) is 14.9 Å². The van der Waals surface area contributed by atoms with Crippen LogP contribution in [0, 0.1) is 5.92 Å². The van der Waals surface area contributed by atoms with E-state index < -0.39 is 10.0 Å². The molecule has 3 rings (SSSR count). The Morgan fingerprint density at radius 1 is 1.10 bits per heavy atom. The number of rotatable bonds is 6. The lowest BCUT2D eigenvalue weighted by molar-refractivity contribution is 0.460. The Kier molecular flexibility index (Phi) is 8.91. The molecule has 1 saturated heterocycles. The molecule has 6 nitrogen and oxygen atoms in total. The van der Waals surface area contributed by atoms with E-state index in [4.69, 9.17) is 0 Å². The SMILES string of the molecule is CN=C(NCc1ccc(S(=O)(=O)NC)cc1)N1CCC(Cc2ccccc2)C1.I. The lowest BCUT2D eigenvalue weighted by atomic mass is 9.99. The van der Waals surface area contributed by atoms with Crippen LogP contribution in [0.2, 0.25) is 0 Å². The van der Waals surface area contributed by atoms with Gasteiger partial charge in [-0.2, -0.15) is 0 Å². The summed E-state index contributed by atoms with van der Waals surface area (Å²) < 4.78 is 25.9. The number of hydrogen-bond donors (Lipinski definition) is 2. The van der Waals surface area contributed by atoms with Gasteiger partial charge in [0.2, 0.25) is 10.0 Å². The van der Waals surface area contributed by atoms with Gasteiger partial charge in [-0.3, -0.25) is 4.99 Å². The number of aliphatic imine (C=N–C) groups is 1. The first kappa shape index (κ1) is 23.6. The highest BCUT2D eigenvalue weighted by atomic mass is 127. The van der Waals surface area contributed by atoms with E-state index in [1.165, 1.54) is 12.6 Å². The molecule has 1 atom stereocenters. The van der Waals surface area contributed by atoms with Gasteiger partial charge in [-0.1, -0.05) is 42.5 Å². The molecule has 0 amide bonds. The van der Waals surface area contributed by atoms with Crippen LogP contribution in [0.1, 0.15) is 17.5 Å². The summed E-state index contributed by atoms with van der Waals surface area (Å²) in [5.74, 6) is 1.52. The van der Waals surface area contributed by atoms with E-state index in [1.807, 2.05) is 12.1 Å². The van der Waals surface area contributed by atoms with Crippen LogP contribution in [0.3, 0.4) is 0 Å². The number of sulfonamides is 1. The van der Waals surface area contributed by atoms with Gasteiger partial charge in [0.05, 0.1) is 4.90 Å². The van der Waals surface area contributed by atoms with Crippen LogP contribution in [-0.4, -0.2) is 46.5 Å². The Bertz CT molecular complexity index is 902. The molecule has 158 valence electrons. The van der Waals surface area contributed by atoms with Gasteiger partial charge in [-0.15, -0.1) is 24.0 Å². The van der Waals surface area contributed by atoms with Crippen molar-refractivity contribution in [2.24, 2.45) is 10.9 Å². The predicted octanol–water partition coefficient (Wildman–Crippen LogP) is 2.85. The van der Waals surface area contributed by atoms with Crippen LogP contribution in [0.4, 0.5) is 0 Å². The van der Waals surface area contributed by atoms with Gasteiger partial charge in [-0.25, -0.2) is 13.1 Å². The molecule has 2 N–H and O–H groups in total. The molecule has 0 spiro atoms. The molecule has 29 heavy (non-hydrogen) atoms. The zero-order valence-electron chi connectivity index (χ0n) is 16.8. The first-order chi connectivity index (χ1) is 13.5. The quantitative estimate of drug-likeness (QED) is 0.344. The molecule has 0 aromatic heterocycles. The van der Waals surface area contributed by atoms with E-state index in [-0.39, 0.29) is 28.9 Å². The van der Waals surface area contributed by atoms with E-state index in [1.54, 1.807) is 19.2 Å². The van der Waals surface area contributed by atoms with Crippen LogP contribution in [0.5, 0.6) is 0 Å². The van der Waals surface area contributed by atoms with Crippen molar-refractivity contribution < 1.29 is 8.42 Å². The molecule has 1 aliphatic heterocycles. The molecule has 0 bridgehead atoms. The third-order valence-corrected chi connectivity index (χ3v) is 6.55. The number of halogens is 1. The molecule has 0 radical (unpaired) electrons. The molecule has 8 heteroatoms. The van der Waals surface area contributed by atoms with E-state index in [9.17, 15) is 8.42 Å². The number of benzene rings is 2. The number of nitrogens with one attached hydrogen (secondary N) is 2. The average molecular weight is 528 g/mol. The van der Waals surface area contributed by atoms with Crippen molar-refractivity contribution >= 4 is 40.0 Å². The number of likely N-dealkylation sites (tertiary alicyclic amines) is 1. The summed E-state index contributed by atoms with van der Waals surface area (Å²) in [6.07, 6.45) is 2.25. The Morgan fingerprint density at radius 3 is 2.41 bits per heavy atom. The van der Waals surface area contributed by atoms with E-state index in [2.05, 4.69) is 50.3 Å². The van der Waals surface area contributed by atoms with Gasteiger partial charge in [0, 0.05) is 26.7 Å². The fraction of sp³-hybridized carbons (Fsp3) is 0.381. The second-order valence-corrected chi connectivity index (χ2v) is 8.93. The Labute approximate surface area is 190 Å². The summed E-state index contributed by atoms with van der Waals surface area (Å²) in [7, 11) is -0.185. The Hall–Kier alpha value is -1.65. The first-order valence-electron chi connectivity index (χ1n) is 9.54. The van der Waals surface area contributed by atoms with Gasteiger partial charge in [0.25, 0.3) is 0 Å². The topological polar surface area (TPSA) is 73.8 Å². The molecule has 1 heterocycles. The second-order valence-electron chi connectivity index (χ2n) is 7.04.